The van der Waals surface area contributed by atoms with Gasteiger partial charge in [-0.05, 0) is 50.1 Å². The van der Waals surface area contributed by atoms with Gasteiger partial charge < -0.3 is 15.1 Å². The summed E-state index contributed by atoms with van der Waals surface area (Å²) < 4.78 is 5.49. The smallest absolute Gasteiger partial charge is 0.349 e. The second-order valence-corrected chi connectivity index (χ2v) is 6.85. The fourth-order valence-electron chi connectivity index (χ4n) is 3.53. The predicted octanol–water partition coefficient (Wildman–Crippen LogP) is 1.95. The van der Waals surface area contributed by atoms with Crippen LogP contribution in [0.2, 0.25) is 0 Å². The van der Waals surface area contributed by atoms with Crippen LogP contribution >= 0.6 is 0 Å². The lowest BCUT2D eigenvalue weighted by molar-refractivity contribution is 0.102. The van der Waals surface area contributed by atoms with Gasteiger partial charge in [-0.2, -0.15) is 15.0 Å². The van der Waals surface area contributed by atoms with E-state index in [1.165, 1.54) is 4.80 Å². The summed E-state index contributed by atoms with van der Waals surface area (Å²) in [5, 5.41) is 14.6. The van der Waals surface area contributed by atoms with Gasteiger partial charge in [0, 0.05) is 19.5 Å². The zero-order valence-corrected chi connectivity index (χ0v) is 15.3. The molecule has 2 N–H and O–H groups in total. The first-order valence-corrected chi connectivity index (χ1v) is 8.99. The zero-order valence-electron chi connectivity index (χ0n) is 15.3. The molecule has 0 radical (unpaired) electrons. The molecule has 1 fully saturated rings. The number of hydrogen-bond donors (Lipinski definition) is 2. The molecule has 4 rings (SSSR count). The summed E-state index contributed by atoms with van der Waals surface area (Å²) in [6.45, 7) is 3.52. The van der Waals surface area contributed by atoms with Gasteiger partial charge >= 0.3 is 5.63 Å². The number of piperidine rings is 1. The normalized spacial score (nSPS) is 17.2. The lowest BCUT2D eigenvalue weighted by atomic mass is 9.95. The van der Waals surface area contributed by atoms with Crippen LogP contribution < -0.4 is 16.3 Å². The van der Waals surface area contributed by atoms with Gasteiger partial charge in [0.05, 0.1) is 5.69 Å². The first-order valence-electron chi connectivity index (χ1n) is 8.99. The monoisotopic (exact) mass is 367 g/mol. The van der Waals surface area contributed by atoms with Crippen molar-refractivity contribution in [1.29, 1.82) is 0 Å². The van der Waals surface area contributed by atoms with E-state index in [9.17, 15) is 9.59 Å². The number of fused-ring (bicyclic) bond motifs is 1. The fraction of sp³-hybridized carbons (Fsp3) is 0.368. The molecular weight excluding hydrogens is 346 g/mol. The molecule has 140 valence electrons. The number of aromatic nitrogens is 3. The minimum Gasteiger partial charge on any atom is -0.427 e. The highest BCUT2D eigenvalue weighted by molar-refractivity contribution is 6.08. The Kier molecular flexibility index (Phi) is 4.49. The maximum atomic E-state index is 12.8. The largest absolute Gasteiger partial charge is 0.427 e. The summed E-state index contributed by atoms with van der Waals surface area (Å²) in [7, 11) is 1.71. The van der Waals surface area contributed by atoms with Gasteiger partial charge in [0.2, 0.25) is 0 Å². The standard InChI is InChI=1S/C19H21N5O3/c1-11-9-15(12-5-4-8-20-10-12)27-19(26)16(11)18(25)21-13-6-3-7-14-17(13)23-24(2)22-14/h3,6-7,9,12,20H,4-5,8,10H2,1-2H3,(H,21,25). The second kappa shape index (κ2) is 6.96. The maximum Gasteiger partial charge on any atom is 0.349 e. The molecular formula is C19H21N5O3. The lowest BCUT2D eigenvalue weighted by Gasteiger charge is -2.22. The molecule has 3 heterocycles. The van der Waals surface area contributed by atoms with Gasteiger partial charge in [-0.1, -0.05) is 6.07 Å². The Hall–Kier alpha value is -3.00. The van der Waals surface area contributed by atoms with Crippen molar-refractivity contribution in [3.05, 3.63) is 51.6 Å². The Morgan fingerprint density at radius 3 is 2.96 bits per heavy atom. The van der Waals surface area contributed by atoms with E-state index in [1.807, 2.05) is 6.07 Å². The number of anilines is 1. The Labute approximate surface area is 155 Å². The number of rotatable bonds is 3. The minimum absolute atomic E-state index is 0.0170. The number of benzene rings is 1. The summed E-state index contributed by atoms with van der Waals surface area (Å²) in [6, 6.07) is 7.12. The summed E-state index contributed by atoms with van der Waals surface area (Å²) in [4.78, 5) is 26.7. The number of hydrogen-bond acceptors (Lipinski definition) is 6. The SMILES string of the molecule is Cc1cc(C2CCCNC2)oc(=O)c1C(=O)Nc1cccc2nn(C)nc12. The predicted molar refractivity (Wildman–Crippen MR) is 101 cm³/mol. The van der Waals surface area contributed by atoms with Crippen molar-refractivity contribution in [3.63, 3.8) is 0 Å². The molecule has 3 aromatic rings. The Balaban J connectivity index is 1.64. The highest BCUT2D eigenvalue weighted by atomic mass is 16.4. The van der Waals surface area contributed by atoms with Crippen LogP contribution in [-0.4, -0.2) is 34.0 Å². The van der Waals surface area contributed by atoms with E-state index in [0.717, 1.165) is 25.9 Å². The van der Waals surface area contributed by atoms with Crippen LogP contribution in [0.3, 0.4) is 0 Å². The molecule has 1 atom stereocenters. The second-order valence-electron chi connectivity index (χ2n) is 6.85. The lowest BCUT2D eigenvalue weighted by Crippen LogP contribution is -2.30. The number of nitrogens with zero attached hydrogens (tertiary/aromatic N) is 3. The molecule has 1 amide bonds. The number of aryl methyl sites for hydroxylation is 2. The molecule has 0 aliphatic carbocycles. The van der Waals surface area contributed by atoms with Crippen LogP contribution in [0.1, 0.15) is 40.4 Å². The highest BCUT2D eigenvalue weighted by Crippen LogP contribution is 2.24. The van der Waals surface area contributed by atoms with Crippen molar-refractivity contribution in [3.8, 4) is 0 Å². The maximum absolute atomic E-state index is 12.8. The van der Waals surface area contributed by atoms with Gasteiger partial charge in [-0.3, -0.25) is 4.79 Å². The first-order chi connectivity index (χ1) is 13.0. The van der Waals surface area contributed by atoms with E-state index in [-0.39, 0.29) is 11.5 Å². The van der Waals surface area contributed by atoms with Crippen LogP contribution in [0.4, 0.5) is 5.69 Å². The van der Waals surface area contributed by atoms with Crippen molar-refractivity contribution >= 4 is 22.6 Å². The molecule has 1 saturated heterocycles. The Morgan fingerprint density at radius 2 is 2.22 bits per heavy atom. The average Bonchev–Trinajstić information content (AvgIpc) is 3.03. The van der Waals surface area contributed by atoms with Crippen molar-refractivity contribution in [2.75, 3.05) is 18.4 Å². The molecule has 0 spiro atoms. The molecule has 0 saturated carbocycles. The molecule has 8 nitrogen and oxygen atoms in total. The summed E-state index contributed by atoms with van der Waals surface area (Å²) in [5.74, 6) is 0.292. The van der Waals surface area contributed by atoms with Gasteiger partial charge in [0.15, 0.2) is 0 Å². The minimum atomic E-state index is -0.612. The third-order valence-electron chi connectivity index (χ3n) is 4.85. The molecule has 1 unspecified atom stereocenters. The van der Waals surface area contributed by atoms with Crippen LogP contribution in [0.25, 0.3) is 11.0 Å². The number of carbonyl (C=O) groups excluding carboxylic acids is 1. The quantitative estimate of drug-likeness (QED) is 0.734. The molecule has 1 aliphatic heterocycles. The van der Waals surface area contributed by atoms with Crippen LogP contribution in [0.5, 0.6) is 0 Å². The van der Waals surface area contributed by atoms with Crippen molar-refractivity contribution < 1.29 is 9.21 Å². The van der Waals surface area contributed by atoms with E-state index >= 15 is 0 Å². The third kappa shape index (κ3) is 3.35. The summed E-state index contributed by atoms with van der Waals surface area (Å²) in [6.07, 6.45) is 2.01. The Morgan fingerprint density at radius 1 is 1.37 bits per heavy atom. The zero-order chi connectivity index (χ0) is 19.0. The van der Waals surface area contributed by atoms with Gasteiger partial charge in [0.25, 0.3) is 5.91 Å². The van der Waals surface area contributed by atoms with Gasteiger partial charge in [-0.25, -0.2) is 4.79 Å². The number of carbonyl (C=O) groups is 1. The third-order valence-corrected chi connectivity index (χ3v) is 4.85. The average molecular weight is 367 g/mol. The van der Waals surface area contributed by atoms with Gasteiger partial charge in [-0.15, -0.1) is 0 Å². The van der Waals surface area contributed by atoms with Crippen molar-refractivity contribution in [2.24, 2.45) is 7.05 Å². The van der Waals surface area contributed by atoms with E-state index in [4.69, 9.17) is 4.42 Å². The number of nitrogens with one attached hydrogen (secondary N) is 2. The van der Waals surface area contributed by atoms with Gasteiger partial charge in [0.1, 0.15) is 22.4 Å². The van der Waals surface area contributed by atoms with E-state index < -0.39 is 11.5 Å². The highest BCUT2D eigenvalue weighted by Gasteiger charge is 2.23. The molecule has 1 aromatic carbocycles. The summed E-state index contributed by atoms with van der Waals surface area (Å²) in [5.41, 5.74) is 1.75. The van der Waals surface area contributed by atoms with Crippen LogP contribution in [-0.2, 0) is 7.05 Å². The van der Waals surface area contributed by atoms with E-state index in [1.54, 1.807) is 32.2 Å². The fourth-order valence-corrected chi connectivity index (χ4v) is 3.53. The van der Waals surface area contributed by atoms with Crippen molar-refractivity contribution in [2.45, 2.75) is 25.7 Å². The topological polar surface area (TPSA) is 102 Å². The van der Waals surface area contributed by atoms with E-state index in [2.05, 4.69) is 20.8 Å². The molecule has 8 heteroatoms. The van der Waals surface area contributed by atoms with E-state index in [0.29, 0.717) is 28.0 Å². The first kappa shape index (κ1) is 17.4. The number of amides is 1. The Bertz CT molecular complexity index is 1060. The molecule has 1 aliphatic rings. The molecule has 2 aromatic heterocycles. The summed E-state index contributed by atoms with van der Waals surface area (Å²) >= 11 is 0. The molecule has 27 heavy (non-hydrogen) atoms. The molecule has 0 bridgehead atoms. The van der Waals surface area contributed by atoms with Crippen molar-refractivity contribution in [1.82, 2.24) is 20.3 Å². The van der Waals surface area contributed by atoms with Crippen LogP contribution in [0, 0.1) is 6.92 Å². The van der Waals surface area contributed by atoms with Crippen LogP contribution in [0.15, 0.2) is 33.5 Å².